The smallest absolute Gasteiger partial charge is 0.144 e. The third kappa shape index (κ3) is 1.58. The summed E-state index contributed by atoms with van der Waals surface area (Å²) in [5.41, 5.74) is 1.39. The van der Waals surface area contributed by atoms with Gasteiger partial charge in [0.1, 0.15) is 11.3 Å². The molecule has 1 aromatic carbocycles. The van der Waals surface area contributed by atoms with E-state index in [1.807, 2.05) is 16.4 Å². The Morgan fingerprint density at radius 1 is 1.50 bits per heavy atom. The summed E-state index contributed by atoms with van der Waals surface area (Å²) in [6.07, 6.45) is 1.08. The third-order valence-corrected chi connectivity index (χ3v) is 4.20. The summed E-state index contributed by atoms with van der Waals surface area (Å²) < 4.78 is 15.1. The van der Waals surface area contributed by atoms with Crippen molar-refractivity contribution in [3.63, 3.8) is 0 Å². The maximum atomic E-state index is 13.2. The number of fused-ring (bicyclic) bond motifs is 1. The summed E-state index contributed by atoms with van der Waals surface area (Å²) in [5, 5.41) is 8.18. The lowest BCUT2D eigenvalue weighted by molar-refractivity contribution is 0.501. The quantitative estimate of drug-likeness (QED) is 0.787. The Morgan fingerprint density at radius 3 is 3.12 bits per heavy atom. The first-order valence-electron chi connectivity index (χ1n) is 5.03. The van der Waals surface area contributed by atoms with E-state index in [9.17, 15) is 4.39 Å². The normalized spacial score (nSPS) is 20.8. The van der Waals surface area contributed by atoms with Crippen molar-refractivity contribution in [2.75, 3.05) is 11.5 Å². The van der Waals surface area contributed by atoms with Crippen LogP contribution in [0.15, 0.2) is 12.1 Å². The molecule has 1 saturated heterocycles. The molecule has 0 spiro atoms. The third-order valence-electron chi connectivity index (χ3n) is 2.76. The Kier molecular flexibility index (Phi) is 2.52. The first-order chi connectivity index (χ1) is 7.75. The van der Waals surface area contributed by atoms with Gasteiger partial charge in [0.05, 0.1) is 16.6 Å². The highest BCUT2D eigenvalue weighted by Crippen LogP contribution is 2.30. The molecule has 0 amide bonds. The molecule has 1 aliphatic rings. The van der Waals surface area contributed by atoms with Crippen molar-refractivity contribution >= 4 is 34.4 Å². The standard InChI is InChI=1S/C10H9ClFN3S/c11-7-3-10-9(4-8(7)12)13-14-15(10)6-1-2-16-5-6/h3-4,6H,1-2,5H2. The minimum absolute atomic E-state index is 0.127. The lowest BCUT2D eigenvalue weighted by atomic mass is 10.2. The monoisotopic (exact) mass is 257 g/mol. The Balaban J connectivity index is 2.15. The molecule has 0 bridgehead atoms. The van der Waals surface area contributed by atoms with Gasteiger partial charge in [-0.2, -0.15) is 11.8 Å². The van der Waals surface area contributed by atoms with Crippen LogP contribution in [-0.2, 0) is 0 Å². The second-order valence-electron chi connectivity index (χ2n) is 3.81. The first-order valence-corrected chi connectivity index (χ1v) is 6.56. The molecule has 0 aliphatic carbocycles. The van der Waals surface area contributed by atoms with Crippen molar-refractivity contribution < 1.29 is 4.39 Å². The predicted octanol–water partition coefficient (Wildman–Crippen LogP) is 2.90. The van der Waals surface area contributed by atoms with Crippen LogP contribution in [0.25, 0.3) is 11.0 Å². The topological polar surface area (TPSA) is 30.7 Å². The number of thioether (sulfide) groups is 1. The predicted molar refractivity (Wildman–Crippen MR) is 63.5 cm³/mol. The maximum Gasteiger partial charge on any atom is 0.144 e. The largest absolute Gasteiger partial charge is 0.241 e. The lowest BCUT2D eigenvalue weighted by Crippen LogP contribution is -2.09. The molecular formula is C10H9ClFN3S. The lowest BCUT2D eigenvalue weighted by Gasteiger charge is -2.08. The molecule has 1 atom stereocenters. The number of benzene rings is 1. The van der Waals surface area contributed by atoms with Gasteiger partial charge < -0.3 is 0 Å². The van der Waals surface area contributed by atoms with Crippen molar-refractivity contribution in [1.82, 2.24) is 15.0 Å². The second-order valence-corrected chi connectivity index (χ2v) is 5.36. The highest BCUT2D eigenvalue weighted by molar-refractivity contribution is 7.99. The van der Waals surface area contributed by atoms with Crippen molar-refractivity contribution in [2.24, 2.45) is 0 Å². The molecule has 3 rings (SSSR count). The molecule has 0 radical (unpaired) electrons. The van der Waals surface area contributed by atoms with Crippen molar-refractivity contribution in [3.8, 4) is 0 Å². The van der Waals surface area contributed by atoms with E-state index in [-0.39, 0.29) is 5.02 Å². The number of hydrogen-bond acceptors (Lipinski definition) is 3. The average Bonchev–Trinajstić information content (AvgIpc) is 2.87. The molecule has 1 fully saturated rings. The summed E-state index contributed by atoms with van der Waals surface area (Å²) in [4.78, 5) is 0. The molecule has 1 unspecified atom stereocenters. The fraction of sp³-hybridized carbons (Fsp3) is 0.400. The van der Waals surface area contributed by atoms with E-state index in [0.29, 0.717) is 11.6 Å². The highest BCUT2D eigenvalue weighted by atomic mass is 35.5. The fourth-order valence-corrected chi connectivity index (χ4v) is 3.26. The van der Waals surface area contributed by atoms with Gasteiger partial charge in [-0.05, 0) is 18.2 Å². The fourth-order valence-electron chi connectivity index (χ4n) is 1.92. The minimum Gasteiger partial charge on any atom is -0.241 e. The van der Waals surface area contributed by atoms with Crippen molar-refractivity contribution in [1.29, 1.82) is 0 Å². The van der Waals surface area contributed by atoms with Crippen LogP contribution in [0, 0.1) is 5.82 Å². The van der Waals surface area contributed by atoms with Gasteiger partial charge in [-0.1, -0.05) is 16.8 Å². The zero-order valence-electron chi connectivity index (χ0n) is 8.36. The summed E-state index contributed by atoms with van der Waals surface area (Å²) in [6, 6.07) is 3.30. The van der Waals surface area contributed by atoms with Crippen LogP contribution in [0.1, 0.15) is 12.5 Å². The molecule has 16 heavy (non-hydrogen) atoms. The minimum atomic E-state index is -0.443. The number of rotatable bonds is 1. The first kappa shape index (κ1) is 10.4. The molecule has 1 aliphatic heterocycles. The summed E-state index contributed by atoms with van der Waals surface area (Å²) in [6.45, 7) is 0. The van der Waals surface area contributed by atoms with Gasteiger partial charge in [-0.3, -0.25) is 0 Å². The van der Waals surface area contributed by atoms with Gasteiger partial charge in [0.2, 0.25) is 0 Å². The van der Waals surface area contributed by atoms with E-state index in [2.05, 4.69) is 10.3 Å². The molecule has 2 heterocycles. The average molecular weight is 258 g/mol. The van der Waals surface area contributed by atoms with Crippen molar-refractivity contribution in [2.45, 2.75) is 12.5 Å². The van der Waals surface area contributed by atoms with Crippen LogP contribution < -0.4 is 0 Å². The Labute approximate surface area is 101 Å². The zero-order valence-corrected chi connectivity index (χ0v) is 9.93. The van der Waals surface area contributed by atoms with Crippen molar-refractivity contribution in [3.05, 3.63) is 23.0 Å². The molecule has 2 aromatic rings. The molecule has 1 aromatic heterocycles. The van der Waals surface area contributed by atoms with E-state index >= 15 is 0 Å². The number of hydrogen-bond donors (Lipinski definition) is 0. The zero-order chi connectivity index (χ0) is 11.1. The Bertz CT molecular complexity index is 536. The molecule has 0 saturated carbocycles. The van der Waals surface area contributed by atoms with E-state index in [1.165, 1.54) is 6.07 Å². The molecule has 3 nitrogen and oxygen atoms in total. The van der Waals surface area contributed by atoms with Gasteiger partial charge in [-0.15, -0.1) is 5.10 Å². The van der Waals surface area contributed by atoms with Crippen LogP contribution >= 0.6 is 23.4 Å². The van der Waals surface area contributed by atoms with Crippen LogP contribution in [0.5, 0.6) is 0 Å². The summed E-state index contributed by atoms with van der Waals surface area (Å²) in [7, 11) is 0. The van der Waals surface area contributed by atoms with E-state index in [4.69, 9.17) is 11.6 Å². The van der Waals surface area contributed by atoms with E-state index in [1.54, 1.807) is 6.07 Å². The molecule has 0 N–H and O–H groups in total. The highest BCUT2D eigenvalue weighted by Gasteiger charge is 2.21. The summed E-state index contributed by atoms with van der Waals surface area (Å²) >= 11 is 7.67. The number of nitrogens with zero attached hydrogens (tertiary/aromatic N) is 3. The SMILES string of the molecule is Fc1cc2nnn(C3CCSC3)c2cc1Cl. The molecule has 6 heteroatoms. The van der Waals surface area contributed by atoms with Crippen LogP contribution in [0.2, 0.25) is 5.02 Å². The number of aromatic nitrogens is 3. The Morgan fingerprint density at radius 2 is 2.38 bits per heavy atom. The van der Waals surface area contributed by atoms with Gasteiger partial charge in [0.25, 0.3) is 0 Å². The van der Waals surface area contributed by atoms with Crippen LogP contribution in [0.3, 0.4) is 0 Å². The van der Waals surface area contributed by atoms with Crippen LogP contribution in [-0.4, -0.2) is 26.5 Å². The van der Waals surface area contributed by atoms with Gasteiger partial charge in [-0.25, -0.2) is 9.07 Å². The van der Waals surface area contributed by atoms with Crippen LogP contribution in [0.4, 0.5) is 4.39 Å². The van der Waals surface area contributed by atoms with Gasteiger partial charge in [0, 0.05) is 11.8 Å². The Hall–Kier alpha value is -0.810. The van der Waals surface area contributed by atoms with E-state index < -0.39 is 5.82 Å². The van der Waals surface area contributed by atoms with Gasteiger partial charge >= 0.3 is 0 Å². The molecular weight excluding hydrogens is 249 g/mol. The molecule has 84 valence electrons. The number of halogens is 2. The maximum absolute atomic E-state index is 13.2. The summed E-state index contributed by atoms with van der Waals surface area (Å²) in [5.74, 6) is 1.73. The van der Waals surface area contributed by atoms with Gasteiger partial charge in [0.15, 0.2) is 0 Å². The second kappa shape index (κ2) is 3.89. The van der Waals surface area contributed by atoms with E-state index in [0.717, 1.165) is 23.4 Å².